The van der Waals surface area contributed by atoms with Crippen LogP contribution in [0.2, 0.25) is 0 Å². The van der Waals surface area contributed by atoms with E-state index >= 15 is 0 Å². The van der Waals surface area contributed by atoms with Crippen molar-refractivity contribution in [2.75, 3.05) is 22.8 Å². The molecule has 4 heteroatoms. The summed E-state index contributed by atoms with van der Waals surface area (Å²) in [5.41, 5.74) is 4.09. The molecule has 0 spiro atoms. The first-order valence-corrected chi connectivity index (χ1v) is 15.4. The van der Waals surface area contributed by atoms with Gasteiger partial charge in [0.15, 0.2) is 0 Å². The van der Waals surface area contributed by atoms with Gasteiger partial charge in [0.25, 0.3) is 0 Å². The standard InChI is InChI=1S/C25H33NOSTe/c1-24(2,3)19-13-17(14-20(23(19)27)25(4,5)6)11-12-29-16-26(7)21-15-18(28-8)9-10-22(21)29/h9-15H,16H2,1-8H3. The molecule has 0 unspecified atom stereocenters. The molecule has 1 aliphatic heterocycles. The number of benzene rings is 1. The van der Waals surface area contributed by atoms with Crippen molar-refractivity contribution in [1.82, 2.24) is 0 Å². The van der Waals surface area contributed by atoms with Crippen LogP contribution in [0.5, 0.6) is 0 Å². The van der Waals surface area contributed by atoms with Gasteiger partial charge in [-0.25, -0.2) is 0 Å². The Morgan fingerprint density at radius 2 is 1.62 bits per heavy atom. The number of carbonyl (C=O) groups is 1. The number of fused-ring (bicyclic) bond motifs is 1. The second-order valence-corrected chi connectivity index (χ2v) is 15.9. The van der Waals surface area contributed by atoms with Gasteiger partial charge in [-0.15, -0.1) is 0 Å². The number of ketones is 1. The molecule has 2 aliphatic rings. The van der Waals surface area contributed by atoms with Crippen molar-refractivity contribution in [2.45, 2.75) is 46.4 Å². The molecule has 0 radical (unpaired) electrons. The Balaban J connectivity index is 2.05. The molecule has 1 aromatic rings. The SMILES string of the molecule is CSc1ccc2c(c1)N(C)C[Te]2=CC=C1C=C(C(C)(C)C)C(=O)C(C(C)(C)C)=C1. The van der Waals surface area contributed by atoms with Crippen LogP contribution in [0.3, 0.4) is 0 Å². The Morgan fingerprint density at radius 3 is 2.14 bits per heavy atom. The van der Waals surface area contributed by atoms with Gasteiger partial charge in [-0.1, -0.05) is 0 Å². The third-order valence-corrected chi connectivity index (χ3v) is 11.9. The minimum atomic E-state index is -1.56. The van der Waals surface area contributed by atoms with E-state index in [0.717, 1.165) is 21.3 Å². The molecule has 0 atom stereocenters. The van der Waals surface area contributed by atoms with E-state index in [1.165, 1.54) is 10.6 Å². The Labute approximate surface area is 187 Å². The number of carbonyl (C=O) groups excluding carboxylic acids is 1. The molecule has 0 fully saturated rings. The van der Waals surface area contributed by atoms with E-state index in [2.05, 4.69) is 100 Å². The first-order chi connectivity index (χ1) is 13.4. The molecule has 156 valence electrons. The molecule has 1 aliphatic carbocycles. The third-order valence-electron chi connectivity index (χ3n) is 5.34. The van der Waals surface area contributed by atoms with Crippen molar-refractivity contribution in [3.05, 3.63) is 53.1 Å². The molecule has 0 saturated carbocycles. The average Bonchev–Trinajstić information content (AvgIpc) is 2.94. The van der Waals surface area contributed by atoms with E-state index in [1.54, 1.807) is 15.4 Å². The summed E-state index contributed by atoms with van der Waals surface area (Å²) >= 11 is 0.241. The van der Waals surface area contributed by atoms with Gasteiger partial charge in [0.2, 0.25) is 0 Å². The fraction of sp³-hybridized carbons (Fsp3) is 0.440. The normalized spacial score (nSPS) is 20.0. The summed E-state index contributed by atoms with van der Waals surface area (Å²) in [6.07, 6.45) is 8.65. The fourth-order valence-electron chi connectivity index (χ4n) is 3.63. The van der Waals surface area contributed by atoms with Crippen LogP contribution in [-0.4, -0.2) is 46.8 Å². The summed E-state index contributed by atoms with van der Waals surface area (Å²) in [5.74, 6) is 0.206. The second-order valence-electron chi connectivity index (χ2n) is 9.84. The summed E-state index contributed by atoms with van der Waals surface area (Å²) < 4.78 is 5.19. The van der Waals surface area contributed by atoms with Crippen LogP contribution in [0.4, 0.5) is 5.69 Å². The zero-order valence-electron chi connectivity index (χ0n) is 18.9. The van der Waals surface area contributed by atoms with Gasteiger partial charge in [0.1, 0.15) is 0 Å². The van der Waals surface area contributed by atoms with Crippen LogP contribution in [0.25, 0.3) is 0 Å². The number of nitrogens with zero attached hydrogens (tertiary/aromatic N) is 1. The summed E-state index contributed by atoms with van der Waals surface area (Å²) in [6.45, 7) is 12.8. The topological polar surface area (TPSA) is 20.3 Å². The molecule has 0 saturated heterocycles. The number of allylic oxidation sites excluding steroid dienone is 6. The summed E-state index contributed by atoms with van der Waals surface area (Å²) in [7, 11) is 2.21. The van der Waals surface area contributed by atoms with Crippen LogP contribution in [0.15, 0.2) is 58.0 Å². The molecular formula is C25H33NOSTe. The van der Waals surface area contributed by atoms with Crippen LogP contribution in [0, 0.1) is 10.8 Å². The van der Waals surface area contributed by atoms with E-state index < -0.39 is 19.1 Å². The number of rotatable bonds is 2. The minimum absolute atomic E-state index is 0.157. The van der Waals surface area contributed by atoms with Crippen LogP contribution in [-0.2, 0) is 4.79 Å². The van der Waals surface area contributed by atoms with Crippen molar-refractivity contribution in [1.29, 1.82) is 0 Å². The van der Waals surface area contributed by atoms with Gasteiger partial charge in [0.05, 0.1) is 0 Å². The Bertz CT molecular complexity index is 932. The van der Waals surface area contributed by atoms with E-state index in [1.807, 2.05) is 0 Å². The van der Waals surface area contributed by atoms with Crippen LogP contribution < -0.4 is 8.51 Å². The van der Waals surface area contributed by atoms with Crippen molar-refractivity contribution >= 4 is 50.0 Å². The Kier molecular flexibility index (Phi) is 6.40. The molecule has 2 nitrogen and oxygen atoms in total. The number of anilines is 1. The maximum absolute atomic E-state index is 13.1. The first kappa shape index (κ1) is 22.6. The van der Waals surface area contributed by atoms with E-state index in [4.69, 9.17) is 0 Å². The number of hydrogen-bond donors (Lipinski definition) is 0. The zero-order chi connectivity index (χ0) is 21.6. The van der Waals surface area contributed by atoms with Crippen LogP contribution >= 0.6 is 11.8 Å². The van der Waals surface area contributed by atoms with Crippen molar-refractivity contribution in [2.24, 2.45) is 10.8 Å². The molecule has 3 rings (SSSR count). The average molecular weight is 523 g/mol. The number of thioether (sulfide) groups is 1. The van der Waals surface area contributed by atoms with E-state index in [0.29, 0.717) is 0 Å². The molecule has 0 amide bonds. The molecular weight excluding hydrogens is 490 g/mol. The molecule has 1 aromatic carbocycles. The molecule has 0 N–H and O–H groups in total. The number of hydrogen-bond acceptors (Lipinski definition) is 3. The van der Waals surface area contributed by atoms with Gasteiger partial charge in [-0.2, -0.15) is 0 Å². The predicted octanol–water partition coefficient (Wildman–Crippen LogP) is 4.94. The van der Waals surface area contributed by atoms with E-state index in [-0.39, 0.29) is 16.6 Å². The van der Waals surface area contributed by atoms with Gasteiger partial charge in [0, 0.05) is 0 Å². The summed E-state index contributed by atoms with van der Waals surface area (Å²) in [6, 6.07) is 6.93. The second kappa shape index (κ2) is 8.22. The maximum atomic E-state index is 13.1. The van der Waals surface area contributed by atoms with Crippen molar-refractivity contribution in [3.63, 3.8) is 0 Å². The Morgan fingerprint density at radius 1 is 1.03 bits per heavy atom. The first-order valence-electron chi connectivity index (χ1n) is 10.0. The zero-order valence-corrected chi connectivity index (χ0v) is 22.1. The molecule has 29 heavy (non-hydrogen) atoms. The third kappa shape index (κ3) is 4.82. The quantitative estimate of drug-likeness (QED) is 0.405. The monoisotopic (exact) mass is 525 g/mol. The predicted molar refractivity (Wildman–Crippen MR) is 131 cm³/mol. The van der Waals surface area contributed by atoms with Gasteiger partial charge in [-0.05, 0) is 0 Å². The molecule has 0 bridgehead atoms. The van der Waals surface area contributed by atoms with Gasteiger partial charge >= 0.3 is 188 Å². The van der Waals surface area contributed by atoms with Crippen LogP contribution in [0.1, 0.15) is 41.5 Å². The molecule has 1 heterocycles. The summed E-state index contributed by atoms with van der Waals surface area (Å²) in [5, 5.41) is 0. The summed E-state index contributed by atoms with van der Waals surface area (Å²) in [4.78, 5) is 16.9. The molecule has 0 aromatic heterocycles. The van der Waals surface area contributed by atoms with Crippen molar-refractivity contribution < 1.29 is 4.79 Å². The Hall–Kier alpha value is -1.08. The number of Topliss-reactive ketones (excluding diaryl/α,β-unsaturated/α-hetero) is 1. The van der Waals surface area contributed by atoms with E-state index in [9.17, 15) is 4.79 Å². The fourth-order valence-corrected chi connectivity index (χ4v) is 9.70. The van der Waals surface area contributed by atoms with Crippen molar-refractivity contribution in [3.8, 4) is 0 Å². The van der Waals surface area contributed by atoms with Gasteiger partial charge in [-0.3, -0.25) is 0 Å². The van der Waals surface area contributed by atoms with Gasteiger partial charge < -0.3 is 0 Å².